The minimum absolute atomic E-state index is 0.404. The van der Waals surface area contributed by atoms with Crippen molar-refractivity contribution in [3.63, 3.8) is 0 Å². The molecule has 2 N–H and O–H groups in total. The van der Waals surface area contributed by atoms with Gasteiger partial charge in [-0.25, -0.2) is 4.98 Å². The third-order valence-electron chi connectivity index (χ3n) is 2.63. The summed E-state index contributed by atoms with van der Waals surface area (Å²) in [5.74, 6) is 0.404. The van der Waals surface area contributed by atoms with Crippen molar-refractivity contribution in [3.05, 3.63) is 45.3 Å². The van der Waals surface area contributed by atoms with Crippen molar-refractivity contribution in [1.82, 2.24) is 14.5 Å². The van der Waals surface area contributed by atoms with Crippen LogP contribution in [0.4, 0.5) is 5.95 Å². The number of nitrogens with two attached hydrogens (primary N) is 1. The van der Waals surface area contributed by atoms with Crippen LogP contribution in [0.2, 0.25) is 5.02 Å². The van der Waals surface area contributed by atoms with Crippen molar-refractivity contribution in [3.8, 4) is 5.69 Å². The topological polar surface area (TPSA) is 56.7 Å². The van der Waals surface area contributed by atoms with Crippen LogP contribution in [0.3, 0.4) is 0 Å². The molecular weight excluding hydrogens is 363 g/mol. The van der Waals surface area contributed by atoms with Crippen molar-refractivity contribution in [2.24, 2.45) is 0 Å². The van der Waals surface area contributed by atoms with Crippen LogP contribution in [-0.4, -0.2) is 14.5 Å². The van der Waals surface area contributed by atoms with E-state index in [-0.39, 0.29) is 0 Å². The average molecular weight is 371 g/mol. The molecule has 0 atom stereocenters. The van der Waals surface area contributed by atoms with E-state index in [1.165, 1.54) is 0 Å². The minimum atomic E-state index is 0.404. The third kappa shape index (κ3) is 1.83. The SMILES string of the molecule is Nc1nc2cnccc2n1-c1ccc(I)cc1Cl. The van der Waals surface area contributed by atoms with Gasteiger partial charge in [0.2, 0.25) is 5.95 Å². The Hall–Kier alpha value is -1.34. The van der Waals surface area contributed by atoms with Gasteiger partial charge in [-0.2, -0.15) is 0 Å². The molecule has 2 aromatic heterocycles. The Morgan fingerprint density at radius 3 is 2.89 bits per heavy atom. The van der Waals surface area contributed by atoms with Crippen LogP contribution in [0.1, 0.15) is 0 Å². The number of halogens is 2. The van der Waals surface area contributed by atoms with E-state index < -0.39 is 0 Å². The number of anilines is 1. The zero-order valence-electron chi connectivity index (χ0n) is 9.14. The molecule has 0 fully saturated rings. The summed E-state index contributed by atoms with van der Waals surface area (Å²) in [6.45, 7) is 0. The number of nitrogen functional groups attached to an aromatic ring is 1. The average Bonchev–Trinajstić information content (AvgIpc) is 2.66. The van der Waals surface area contributed by atoms with E-state index >= 15 is 0 Å². The summed E-state index contributed by atoms with van der Waals surface area (Å²) in [6.07, 6.45) is 3.39. The van der Waals surface area contributed by atoms with Gasteiger partial charge in [-0.1, -0.05) is 11.6 Å². The fraction of sp³-hybridized carbons (Fsp3) is 0. The van der Waals surface area contributed by atoms with Crippen LogP contribution in [0.15, 0.2) is 36.7 Å². The zero-order valence-corrected chi connectivity index (χ0v) is 12.1. The molecular formula is C12H8ClIN4. The molecule has 0 radical (unpaired) electrons. The fourth-order valence-electron chi connectivity index (χ4n) is 1.87. The molecule has 0 bridgehead atoms. The number of rotatable bonds is 1. The number of fused-ring (bicyclic) bond motifs is 1. The van der Waals surface area contributed by atoms with Gasteiger partial charge in [-0.05, 0) is 46.9 Å². The quantitative estimate of drug-likeness (QED) is 0.669. The lowest BCUT2D eigenvalue weighted by Crippen LogP contribution is -2.01. The van der Waals surface area contributed by atoms with Gasteiger partial charge >= 0.3 is 0 Å². The fourth-order valence-corrected chi connectivity index (χ4v) is 2.81. The Bertz CT molecular complexity index is 738. The first-order valence-electron chi connectivity index (χ1n) is 5.20. The summed E-state index contributed by atoms with van der Waals surface area (Å²) in [5, 5.41) is 0.643. The molecule has 0 spiro atoms. The smallest absolute Gasteiger partial charge is 0.206 e. The van der Waals surface area contributed by atoms with Crippen molar-refractivity contribution < 1.29 is 0 Å². The normalized spacial score (nSPS) is 11.0. The first-order chi connectivity index (χ1) is 8.66. The van der Waals surface area contributed by atoms with Crippen LogP contribution in [0.5, 0.6) is 0 Å². The van der Waals surface area contributed by atoms with Crippen LogP contribution >= 0.6 is 34.2 Å². The van der Waals surface area contributed by atoms with Gasteiger partial charge in [0.1, 0.15) is 5.52 Å². The summed E-state index contributed by atoms with van der Waals surface area (Å²) >= 11 is 8.48. The maximum absolute atomic E-state index is 6.27. The monoisotopic (exact) mass is 370 g/mol. The molecule has 3 aromatic rings. The summed E-state index contributed by atoms with van der Waals surface area (Å²) < 4.78 is 2.90. The molecule has 6 heteroatoms. The molecule has 0 aliphatic rings. The first kappa shape index (κ1) is 11.7. The molecule has 90 valence electrons. The first-order valence-corrected chi connectivity index (χ1v) is 6.66. The maximum Gasteiger partial charge on any atom is 0.206 e. The van der Waals surface area contributed by atoms with Crippen LogP contribution in [0.25, 0.3) is 16.7 Å². The lowest BCUT2D eigenvalue weighted by molar-refractivity contribution is 1.11. The van der Waals surface area contributed by atoms with Crippen LogP contribution in [0, 0.1) is 3.57 Å². The Morgan fingerprint density at radius 2 is 2.11 bits per heavy atom. The molecule has 0 saturated carbocycles. The predicted octanol–water partition coefficient (Wildman–Crippen LogP) is 3.26. The molecule has 3 rings (SSSR count). The van der Waals surface area contributed by atoms with Gasteiger partial charge in [0.25, 0.3) is 0 Å². The van der Waals surface area contributed by atoms with Gasteiger partial charge in [0.05, 0.1) is 22.4 Å². The Balaban J connectivity index is 2.34. The van der Waals surface area contributed by atoms with Gasteiger partial charge in [0.15, 0.2) is 0 Å². The number of aromatic nitrogens is 3. The predicted molar refractivity (Wildman–Crippen MR) is 81.0 cm³/mol. The second-order valence-electron chi connectivity index (χ2n) is 3.77. The molecule has 4 nitrogen and oxygen atoms in total. The standard InChI is InChI=1S/C12H8ClIN4/c13-8-5-7(14)1-2-10(8)18-11-3-4-16-6-9(11)17-12(18)15/h1-6H,(H2,15,17). The molecule has 0 saturated heterocycles. The minimum Gasteiger partial charge on any atom is -0.369 e. The van der Waals surface area contributed by atoms with E-state index in [2.05, 4.69) is 32.6 Å². The number of nitrogens with zero attached hydrogens (tertiary/aromatic N) is 3. The Morgan fingerprint density at radius 1 is 1.28 bits per heavy atom. The summed E-state index contributed by atoms with van der Waals surface area (Å²) in [5.41, 5.74) is 8.43. The number of pyridine rings is 1. The Labute approximate surface area is 122 Å². The highest BCUT2D eigenvalue weighted by molar-refractivity contribution is 14.1. The van der Waals surface area contributed by atoms with E-state index in [0.717, 1.165) is 20.3 Å². The lowest BCUT2D eigenvalue weighted by atomic mass is 10.3. The molecule has 0 aliphatic heterocycles. The molecule has 1 aromatic carbocycles. The highest BCUT2D eigenvalue weighted by Gasteiger charge is 2.12. The third-order valence-corrected chi connectivity index (χ3v) is 3.61. The van der Waals surface area contributed by atoms with Gasteiger partial charge in [-0.15, -0.1) is 0 Å². The van der Waals surface area contributed by atoms with Crippen LogP contribution < -0.4 is 5.73 Å². The zero-order chi connectivity index (χ0) is 12.7. The van der Waals surface area contributed by atoms with Crippen molar-refractivity contribution in [2.45, 2.75) is 0 Å². The van der Waals surface area contributed by atoms with Gasteiger partial charge in [-0.3, -0.25) is 9.55 Å². The highest BCUT2D eigenvalue weighted by atomic mass is 127. The molecule has 0 unspecified atom stereocenters. The summed E-state index contributed by atoms with van der Waals surface area (Å²) in [6, 6.07) is 7.67. The van der Waals surface area contributed by atoms with Crippen LogP contribution in [-0.2, 0) is 0 Å². The lowest BCUT2D eigenvalue weighted by Gasteiger charge is -2.08. The van der Waals surface area contributed by atoms with Crippen molar-refractivity contribution in [2.75, 3.05) is 5.73 Å². The number of benzene rings is 1. The van der Waals surface area contributed by atoms with E-state index in [0.29, 0.717) is 11.0 Å². The highest BCUT2D eigenvalue weighted by Crippen LogP contribution is 2.28. The number of imidazole rings is 1. The second kappa shape index (κ2) is 4.40. The van der Waals surface area contributed by atoms with Gasteiger partial charge < -0.3 is 5.73 Å². The molecule has 18 heavy (non-hydrogen) atoms. The van der Waals surface area contributed by atoms with E-state index in [9.17, 15) is 0 Å². The van der Waals surface area contributed by atoms with E-state index in [4.69, 9.17) is 17.3 Å². The molecule has 0 amide bonds. The summed E-state index contributed by atoms with van der Waals surface area (Å²) in [4.78, 5) is 8.30. The van der Waals surface area contributed by atoms with E-state index in [1.807, 2.05) is 28.8 Å². The maximum atomic E-state index is 6.27. The van der Waals surface area contributed by atoms with Crippen molar-refractivity contribution in [1.29, 1.82) is 0 Å². The number of hydrogen-bond donors (Lipinski definition) is 1. The van der Waals surface area contributed by atoms with Crippen molar-refractivity contribution >= 4 is 51.2 Å². The molecule has 2 heterocycles. The second-order valence-corrected chi connectivity index (χ2v) is 5.42. The molecule has 0 aliphatic carbocycles. The number of hydrogen-bond acceptors (Lipinski definition) is 3. The largest absolute Gasteiger partial charge is 0.369 e. The summed E-state index contributed by atoms with van der Waals surface area (Å²) in [7, 11) is 0. The van der Waals surface area contributed by atoms with E-state index in [1.54, 1.807) is 12.4 Å². The van der Waals surface area contributed by atoms with Gasteiger partial charge in [0, 0.05) is 9.77 Å². The Kier molecular flexibility index (Phi) is 2.87.